The number of aliphatic carboxylic acids is 1. The summed E-state index contributed by atoms with van der Waals surface area (Å²) in [4.78, 5) is 40.3. The normalized spacial score (nSPS) is 18.4. The van der Waals surface area contributed by atoms with E-state index in [4.69, 9.17) is 10.8 Å². The van der Waals surface area contributed by atoms with E-state index in [0.29, 0.717) is 19.6 Å². The summed E-state index contributed by atoms with van der Waals surface area (Å²) in [6, 6.07) is -1.01. The van der Waals surface area contributed by atoms with E-state index < -0.39 is 30.2 Å². The van der Waals surface area contributed by atoms with Gasteiger partial charge in [0.25, 0.3) is 5.91 Å². The van der Waals surface area contributed by atoms with Crippen LogP contribution in [-0.4, -0.2) is 63.0 Å². The minimum Gasteiger partial charge on any atom is -0.481 e. The van der Waals surface area contributed by atoms with Crippen LogP contribution in [0.15, 0.2) is 12.5 Å². The van der Waals surface area contributed by atoms with Crippen molar-refractivity contribution in [3.8, 4) is 0 Å². The summed E-state index contributed by atoms with van der Waals surface area (Å²) < 4.78 is 1.67. The molecule has 1 aromatic heterocycles. The molecule has 0 saturated carbocycles. The molecule has 0 bridgehead atoms. The Hall–Kier alpha value is -2.42. The zero-order valence-corrected chi connectivity index (χ0v) is 11.4. The van der Waals surface area contributed by atoms with Crippen LogP contribution in [0.5, 0.6) is 0 Å². The summed E-state index contributed by atoms with van der Waals surface area (Å²) in [5.74, 6) is -2.05. The smallest absolute Gasteiger partial charge is 0.305 e. The zero-order chi connectivity index (χ0) is 15.4. The van der Waals surface area contributed by atoms with E-state index in [-0.39, 0.29) is 12.2 Å². The SMILES string of the molecule is NCCn1cnc(C(=O)N2CCNC(=O)C2CC(=O)O)c1. The number of carbonyl (C=O) groups excluding carboxylic acids is 2. The van der Waals surface area contributed by atoms with E-state index in [1.807, 2.05) is 0 Å². The first kappa shape index (κ1) is 15.0. The van der Waals surface area contributed by atoms with Crippen LogP contribution in [-0.2, 0) is 16.1 Å². The fourth-order valence-corrected chi connectivity index (χ4v) is 2.22. The van der Waals surface area contributed by atoms with Gasteiger partial charge in [-0.1, -0.05) is 0 Å². The number of imidazole rings is 1. The van der Waals surface area contributed by atoms with Gasteiger partial charge >= 0.3 is 5.97 Å². The van der Waals surface area contributed by atoms with Gasteiger partial charge in [0, 0.05) is 32.4 Å². The maximum atomic E-state index is 12.4. The molecule has 1 fully saturated rings. The van der Waals surface area contributed by atoms with E-state index in [2.05, 4.69) is 10.3 Å². The molecule has 0 radical (unpaired) electrons. The number of carbonyl (C=O) groups is 3. The Morgan fingerprint density at radius 3 is 2.95 bits per heavy atom. The molecule has 1 aliphatic heterocycles. The summed E-state index contributed by atoms with van der Waals surface area (Å²) in [5.41, 5.74) is 5.60. The van der Waals surface area contributed by atoms with Gasteiger partial charge in [-0.2, -0.15) is 0 Å². The summed E-state index contributed by atoms with van der Waals surface area (Å²) >= 11 is 0. The number of hydrogen-bond acceptors (Lipinski definition) is 5. The molecule has 1 aliphatic rings. The molecule has 114 valence electrons. The van der Waals surface area contributed by atoms with Crippen molar-refractivity contribution in [2.45, 2.75) is 19.0 Å². The van der Waals surface area contributed by atoms with Crippen molar-refractivity contribution in [2.24, 2.45) is 5.73 Å². The Bertz CT molecular complexity index is 556. The van der Waals surface area contributed by atoms with Gasteiger partial charge in [0.15, 0.2) is 0 Å². The average molecular weight is 295 g/mol. The molecule has 9 heteroatoms. The Morgan fingerprint density at radius 1 is 1.52 bits per heavy atom. The molecule has 2 amide bonds. The highest BCUT2D eigenvalue weighted by Gasteiger charge is 2.35. The van der Waals surface area contributed by atoms with Gasteiger partial charge in [0.2, 0.25) is 5.91 Å². The number of nitrogens with one attached hydrogen (secondary N) is 1. The number of piperazine rings is 1. The minimum atomic E-state index is -1.14. The minimum absolute atomic E-state index is 0.175. The fraction of sp³-hybridized carbons (Fsp3) is 0.500. The number of aromatic nitrogens is 2. The molecule has 21 heavy (non-hydrogen) atoms. The summed E-state index contributed by atoms with van der Waals surface area (Å²) in [6.07, 6.45) is 2.59. The van der Waals surface area contributed by atoms with Gasteiger partial charge in [-0.15, -0.1) is 0 Å². The van der Waals surface area contributed by atoms with E-state index in [1.165, 1.54) is 11.2 Å². The zero-order valence-electron chi connectivity index (χ0n) is 11.4. The molecule has 0 aromatic carbocycles. The second-order valence-electron chi connectivity index (χ2n) is 4.69. The first-order valence-electron chi connectivity index (χ1n) is 6.55. The van der Waals surface area contributed by atoms with Crippen LogP contribution < -0.4 is 11.1 Å². The van der Waals surface area contributed by atoms with E-state index in [0.717, 1.165) is 0 Å². The lowest BCUT2D eigenvalue weighted by Gasteiger charge is -2.33. The fourth-order valence-electron chi connectivity index (χ4n) is 2.22. The molecular weight excluding hydrogens is 278 g/mol. The topological polar surface area (TPSA) is 131 Å². The lowest BCUT2D eigenvalue weighted by Crippen LogP contribution is -2.57. The number of rotatable bonds is 5. The second-order valence-corrected chi connectivity index (χ2v) is 4.69. The van der Waals surface area contributed by atoms with E-state index >= 15 is 0 Å². The second kappa shape index (κ2) is 6.35. The molecule has 2 heterocycles. The largest absolute Gasteiger partial charge is 0.481 e. The number of carboxylic acids is 1. The molecule has 4 N–H and O–H groups in total. The first-order valence-corrected chi connectivity index (χ1v) is 6.55. The molecule has 2 rings (SSSR count). The van der Waals surface area contributed by atoms with Crippen LogP contribution >= 0.6 is 0 Å². The standard InChI is InChI=1S/C12H17N5O4/c13-1-3-16-6-8(15-7-16)12(21)17-4-2-14-11(20)9(17)5-10(18)19/h6-7,9H,1-5,13H2,(H,14,20)(H,18,19). The highest BCUT2D eigenvalue weighted by molar-refractivity contribution is 5.97. The van der Waals surface area contributed by atoms with Gasteiger partial charge in [-0.25, -0.2) is 4.98 Å². The van der Waals surface area contributed by atoms with Gasteiger partial charge in [0.1, 0.15) is 11.7 Å². The predicted octanol–water partition coefficient (Wildman–Crippen LogP) is -1.74. The van der Waals surface area contributed by atoms with Crippen molar-refractivity contribution in [3.63, 3.8) is 0 Å². The van der Waals surface area contributed by atoms with Crippen molar-refractivity contribution in [1.29, 1.82) is 0 Å². The summed E-state index contributed by atoms with van der Waals surface area (Å²) in [5, 5.41) is 11.4. The highest BCUT2D eigenvalue weighted by Crippen LogP contribution is 2.13. The number of nitrogens with two attached hydrogens (primary N) is 1. The monoisotopic (exact) mass is 295 g/mol. The Morgan fingerprint density at radius 2 is 2.29 bits per heavy atom. The number of nitrogens with zero attached hydrogens (tertiary/aromatic N) is 3. The average Bonchev–Trinajstić information content (AvgIpc) is 2.89. The van der Waals surface area contributed by atoms with Crippen LogP contribution in [0.4, 0.5) is 0 Å². The van der Waals surface area contributed by atoms with Crippen molar-refractivity contribution in [3.05, 3.63) is 18.2 Å². The summed E-state index contributed by atoms with van der Waals surface area (Å²) in [7, 11) is 0. The molecule has 1 saturated heterocycles. The third-order valence-corrected chi connectivity index (χ3v) is 3.20. The molecular formula is C12H17N5O4. The number of hydrogen-bond donors (Lipinski definition) is 3. The van der Waals surface area contributed by atoms with Crippen LogP contribution in [0.1, 0.15) is 16.9 Å². The lowest BCUT2D eigenvalue weighted by atomic mass is 10.1. The number of amides is 2. The predicted molar refractivity (Wildman–Crippen MR) is 71.4 cm³/mol. The van der Waals surface area contributed by atoms with Crippen molar-refractivity contribution in [1.82, 2.24) is 19.8 Å². The first-order chi connectivity index (χ1) is 10.0. The molecule has 1 unspecified atom stereocenters. The van der Waals surface area contributed by atoms with Crippen LogP contribution in [0.2, 0.25) is 0 Å². The molecule has 1 atom stereocenters. The van der Waals surface area contributed by atoms with Crippen LogP contribution in [0, 0.1) is 0 Å². The Kier molecular flexibility index (Phi) is 4.53. The van der Waals surface area contributed by atoms with Gasteiger partial charge in [0.05, 0.1) is 12.7 Å². The Balaban J connectivity index is 2.17. The van der Waals surface area contributed by atoms with Gasteiger partial charge in [-0.3, -0.25) is 14.4 Å². The van der Waals surface area contributed by atoms with E-state index in [1.54, 1.807) is 10.8 Å². The van der Waals surface area contributed by atoms with Crippen molar-refractivity contribution < 1.29 is 19.5 Å². The Labute approximate surface area is 120 Å². The maximum absolute atomic E-state index is 12.4. The van der Waals surface area contributed by atoms with Crippen LogP contribution in [0.25, 0.3) is 0 Å². The molecule has 1 aromatic rings. The van der Waals surface area contributed by atoms with Crippen molar-refractivity contribution >= 4 is 17.8 Å². The summed E-state index contributed by atoms with van der Waals surface area (Å²) in [6.45, 7) is 1.49. The van der Waals surface area contributed by atoms with Crippen LogP contribution in [0.3, 0.4) is 0 Å². The molecule has 0 spiro atoms. The maximum Gasteiger partial charge on any atom is 0.305 e. The quantitative estimate of drug-likeness (QED) is 0.591. The molecule has 0 aliphatic carbocycles. The third-order valence-electron chi connectivity index (χ3n) is 3.20. The van der Waals surface area contributed by atoms with Crippen molar-refractivity contribution in [2.75, 3.05) is 19.6 Å². The van der Waals surface area contributed by atoms with E-state index in [9.17, 15) is 14.4 Å². The van der Waals surface area contributed by atoms with Gasteiger partial charge < -0.3 is 25.6 Å². The lowest BCUT2D eigenvalue weighted by molar-refractivity contribution is -0.142. The number of carboxylic acid groups (broad SMARTS) is 1. The molecule has 9 nitrogen and oxygen atoms in total. The highest BCUT2D eigenvalue weighted by atomic mass is 16.4. The third kappa shape index (κ3) is 3.37. The van der Waals surface area contributed by atoms with Gasteiger partial charge in [-0.05, 0) is 0 Å².